The highest BCUT2D eigenvalue weighted by molar-refractivity contribution is 8.26. The highest BCUT2D eigenvalue weighted by Gasteiger charge is 2.37. The van der Waals surface area contributed by atoms with Gasteiger partial charge in [-0.1, -0.05) is 6.07 Å². The maximum absolute atomic E-state index is 12.8. The molecular weight excluding hydrogens is 474 g/mol. The zero-order valence-electron chi connectivity index (χ0n) is 18.7. The number of furan rings is 1. The normalized spacial score (nSPS) is 18.9. The minimum Gasteiger partial charge on any atom is -0.490 e. The minimum atomic E-state index is -0.659. The van der Waals surface area contributed by atoms with Gasteiger partial charge in [-0.3, -0.25) is 10.2 Å². The number of carbonyl (C=O) groups is 2. The summed E-state index contributed by atoms with van der Waals surface area (Å²) < 4.78 is 21.5. The van der Waals surface area contributed by atoms with E-state index >= 15 is 0 Å². The largest absolute Gasteiger partial charge is 0.490 e. The van der Waals surface area contributed by atoms with E-state index in [-0.39, 0.29) is 22.9 Å². The minimum absolute atomic E-state index is 0.0639. The summed E-state index contributed by atoms with van der Waals surface area (Å²) in [7, 11) is 0. The standard InChI is InChI=1S/C23H21N5O6S/c1-2-32-18-13-14(5-6-16(18)34-21(30)17-4-3-9-33-17)12-15-19(24)28-22(25-20(15)29)35-23(26-28)27-7-10-31-11-8-27/h3-6,9,12-13,24H,2,7-8,10-11H2,1H3/b15-12+,24-19?. The third kappa shape index (κ3) is 4.70. The molecule has 1 aromatic carbocycles. The first kappa shape index (κ1) is 22.9. The summed E-state index contributed by atoms with van der Waals surface area (Å²) in [4.78, 5) is 31.2. The lowest BCUT2D eigenvalue weighted by molar-refractivity contribution is -0.114. The van der Waals surface area contributed by atoms with E-state index < -0.39 is 11.9 Å². The van der Waals surface area contributed by atoms with E-state index in [9.17, 15) is 9.59 Å². The molecule has 0 radical (unpaired) electrons. The molecule has 4 heterocycles. The van der Waals surface area contributed by atoms with Crippen molar-refractivity contribution in [1.29, 1.82) is 5.41 Å². The number of hydrogen-bond donors (Lipinski definition) is 1. The number of rotatable bonds is 5. The van der Waals surface area contributed by atoms with E-state index in [2.05, 4.69) is 10.1 Å². The number of fused-ring (bicyclic) bond motifs is 1. The highest BCUT2D eigenvalue weighted by Crippen LogP contribution is 2.33. The number of amidine groups is 3. The van der Waals surface area contributed by atoms with Gasteiger partial charge >= 0.3 is 5.97 Å². The second kappa shape index (κ2) is 9.76. The van der Waals surface area contributed by atoms with E-state index in [1.807, 2.05) is 4.90 Å². The molecule has 0 atom stereocenters. The number of nitrogens with zero attached hydrogens (tertiary/aromatic N) is 4. The Kier molecular flexibility index (Phi) is 6.38. The quantitative estimate of drug-likeness (QED) is 0.378. The Morgan fingerprint density at radius 3 is 2.80 bits per heavy atom. The van der Waals surface area contributed by atoms with Gasteiger partial charge in [0.25, 0.3) is 5.91 Å². The summed E-state index contributed by atoms with van der Waals surface area (Å²) in [5, 5.41) is 15.5. The second-order valence-corrected chi connectivity index (χ2v) is 8.44. The highest BCUT2D eigenvalue weighted by atomic mass is 32.2. The average Bonchev–Trinajstić information content (AvgIpc) is 3.55. The maximum Gasteiger partial charge on any atom is 0.379 e. The SMILES string of the molecule is CCOc1cc(/C=C2\C(=N)N3N=C(N4CCOCC4)SC3=NC2=O)ccc1OC(=O)c1ccco1. The van der Waals surface area contributed by atoms with Crippen molar-refractivity contribution in [2.45, 2.75) is 6.92 Å². The van der Waals surface area contributed by atoms with Gasteiger partial charge < -0.3 is 23.5 Å². The molecule has 35 heavy (non-hydrogen) atoms. The third-order valence-electron chi connectivity index (χ3n) is 5.23. The van der Waals surface area contributed by atoms with Gasteiger partial charge in [-0.05, 0) is 54.6 Å². The predicted octanol–water partition coefficient (Wildman–Crippen LogP) is 2.81. The van der Waals surface area contributed by atoms with E-state index in [1.165, 1.54) is 29.1 Å². The van der Waals surface area contributed by atoms with Crippen LogP contribution in [0.5, 0.6) is 11.5 Å². The van der Waals surface area contributed by atoms with Crippen molar-refractivity contribution in [3.8, 4) is 11.5 Å². The second-order valence-electron chi connectivity index (χ2n) is 7.51. The van der Waals surface area contributed by atoms with Crippen molar-refractivity contribution in [1.82, 2.24) is 9.91 Å². The first-order valence-corrected chi connectivity index (χ1v) is 11.7. The molecule has 0 unspecified atom stereocenters. The number of nitrogens with one attached hydrogen (secondary N) is 1. The van der Waals surface area contributed by atoms with Gasteiger partial charge in [0.05, 0.1) is 31.7 Å². The van der Waals surface area contributed by atoms with E-state index in [1.54, 1.807) is 37.3 Å². The number of aliphatic imine (C=N–C) groups is 1. The lowest BCUT2D eigenvalue weighted by atomic mass is 10.1. The smallest absolute Gasteiger partial charge is 0.379 e. The molecule has 1 saturated heterocycles. The Morgan fingerprint density at radius 2 is 2.06 bits per heavy atom. The topological polar surface area (TPSA) is 130 Å². The van der Waals surface area contributed by atoms with E-state index in [0.717, 1.165) is 0 Å². The Morgan fingerprint density at radius 1 is 1.23 bits per heavy atom. The van der Waals surface area contributed by atoms with Crippen LogP contribution in [-0.4, -0.2) is 70.9 Å². The van der Waals surface area contributed by atoms with E-state index in [0.29, 0.717) is 54.6 Å². The van der Waals surface area contributed by atoms with Crippen LogP contribution in [0, 0.1) is 5.41 Å². The van der Waals surface area contributed by atoms with Crippen molar-refractivity contribution in [3.63, 3.8) is 0 Å². The third-order valence-corrected chi connectivity index (χ3v) is 6.20. The van der Waals surface area contributed by atoms with Crippen molar-refractivity contribution >= 4 is 45.9 Å². The van der Waals surface area contributed by atoms with Gasteiger partial charge in [0.1, 0.15) is 0 Å². The first-order chi connectivity index (χ1) is 17.0. The van der Waals surface area contributed by atoms with Crippen LogP contribution in [0.1, 0.15) is 23.0 Å². The molecule has 0 aliphatic carbocycles. The number of carbonyl (C=O) groups excluding carboxylic acids is 2. The molecule has 1 aromatic heterocycles. The molecule has 5 rings (SSSR count). The zero-order valence-corrected chi connectivity index (χ0v) is 19.5. The van der Waals surface area contributed by atoms with Crippen LogP contribution in [-0.2, 0) is 9.53 Å². The molecule has 1 N–H and O–H groups in total. The average molecular weight is 496 g/mol. The number of hydrogen-bond acceptors (Lipinski definition) is 10. The molecule has 12 heteroatoms. The number of thioether (sulfide) groups is 1. The molecule has 1 fully saturated rings. The fourth-order valence-corrected chi connectivity index (χ4v) is 4.49. The lowest BCUT2D eigenvalue weighted by Crippen LogP contribution is -2.39. The lowest BCUT2D eigenvalue weighted by Gasteiger charge is -2.26. The van der Waals surface area contributed by atoms with E-state index in [4.69, 9.17) is 24.0 Å². The van der Waals surface area contributed by atoms with Crippen molar-refractivity contribution in [2.75, 3.05) is 32.9 Å². The van der Waals surface area contributed by atoms with Crippen LogP contribution in [0.4, 0.5) is 0 Å². The van der Waals surface area contributed by atoms with Gasteiger partial charge in [0.2, 0.25) is 10.9 Å². The zero-order chi connectivity index (χ0) is 24.4. The van der Waals surface area contributed by atoms with Gasteiger partial charge in [0.15, 0.2) is 22.5 Å². The predicted molar refractivity (Wildman–Crippen MR) is 129 cm³/mol. The van der Waals surface area contributed by atoms with Crippen molar-refractivity contribution in [2.24, 2.45) is 10.1 Å². The molecule has 11 nitrogen and oxygen atoms in total. The van der Waals surface area contributed by atoms with Crippen LogP contribution in [0.15, 0.2) is 56.7 Å². The molecule has 3 aliphatic heterocycles. The number of morpholine rings is 1. The van der Waals surface area contributed by atoms with Crippen LogP contribution < -0.4 is 9.47 Å². The van der Waals surface area contributed by atoms with Crippen molar-refractivity contribution < 1.29 is 28.2 Å². The molecular formula is C23H21N5O6S. The summed E-state index contributed by atoms with van der Waals surface area (Å²) in [5.41, 5.74) is 0.659. The Labute approximate surface area is 204 Å². The number of benzene rings is 1. The van der Waals surface area contributed by atoms with Gasteiger partial charge in [-0.2, -0.15) is 10.0 Å². The number of amides is 1. The van der Waals surface area contributed by atoms with Gasteiger partial charge in [-0.15, -0.1) is 5.10 Å². The molecule has 0 spiro atoms. The van der Waals surface area contributed by atoms with Crippen LogP contribution in [0.3, 0.4) is 0 Å². The summed E-state index contributed by atoms with van der Waals surface area (Å²) in [6, 6.07) is 7.93. The summed E-state index contributed by atoms with van der Waals surface area (Å²) in [5.74, 6) is -0.676. The molecule has 3 aliphatic rings. The summed E-state index contributed by atoms with van der Waals surface area (Å²) in [6.07, 6.45) is 2.92. The van der Waals surface area contributed by atoms with Gasteiger partial charge in [-0.25, -0.2) is 4.79 Å². The number of ether oxygens (including phenoxy) is 3. The van der Waals surface area contributed by atoms with Crippen molar-refractivity contribution in [3.05, 3.63) is 53.5 Å². The molecule has 180 valence electrons. The molecule has 0 bridgehead atoms. The molecule has 2 aromatic rings. The summed E-state index contributed by atoms with van der Waals surface area (Å²) >= 11 is 1.26. The Balaban J connectivity index is 1.39. The monoisotopic (exact) mass is 495 g/mol. The summed E-state index contributed by atoms with van der Waals surface area (Å²) in [6.45, 7) is 4.71. The van der Waals surface area contributed by atoms with Crippen LogP contribution in [0.25, 0.3) is 6.08 Å². The van der Waals surface area contributed by atoms with Crippen LogP contribution >= 0.6 is 11.8 Å². The maximum atomic E-state index is 12.8. The fraction of sp³-hybridized carbons (Fsp3) is 0.261. The number of esters is 1. The molecule has 1 amide bonds. The van der Waals surface area contributed by atoms with Crippen LogP contribution in [0.2, 0.25) is 0 Å². The molecule has 0 saturated carbocycles. The number of hydrazone groups is 1. The van der Waals surface area contributed by atoms with Gasteiger partial charge in [0, 0.05) is 13.1 Å². The fourth-order valence-electron chi connectivity index (χ4n) is 3.54. The first-order valence-electron chi connectivity index (χ1n) is 10.9. The Bertz CT molecular complexity index is 1260. The Hall–Kier alpha value is -3.90.